The largest absolute Gasteiger partial charge is 0.390 e. The van der Waals surface area contributed by atoms with E-state index in [1.165, 1.54) is 0 Å². The zero-order valence-electron chi connectivity index (χ0n) is 9.27. The van der Waals surface area contributed by atoms with Crippen LogP contribution in [0.5, 0.6) is 0 Å². The fourth-order valence-corrected chi connectivity index (χ4v) is 1.49. The first kappa shape index (κ1) is 13.1. The van der Waals surface area contributed by atoms with Crippen molar-refractivity contribution in [1.29, 1.82) is 0 Å². The Kier molecular flexibility index (Phi) is 6.00. The first-order valence-corrected chi connectivity index (χ1v) is 5.48. The molecule has 1 rings (SSSR count). The van der Waals surface area contributed by atoms with E-state index in [1.807, 2.05) is 30.3 Å². The lowest BCUT2D eigenvalue weighted by molar-refractivity contribution is 0.141. The highest BCUT2D eigenvalue weighted by atomic mass is 19.1. The molecule has 3 nitrogen and oxygen atoms in total. The second kappa shape index (κ2) is 7.33. The van der Waals surface area contributed by atoms with Crippen LogP contribution in [0.25, 0.3) is 0 Å². The Bertz CT molecular complexity index is 282. The number of hydrogen-bond acceptors (Lipinski definition) is 3. The number of hydrogen-bond donors (Lipinski definition) is 3. The van der Waals surface area contributed by atoms with Gasteiger partial charge in [-0.1, -0.05) is 30.3 Å². The van der Waals surface area contributed by atoms with Crippen molar-refractivity contribution in [1.82, 2.24) is 5.32 Å². The molecule has 90 valence electrons. The third-order valence-electron chi connectivity index (χ3n) is 2.43. The monoisotopic (exact) mass is 226 g/mol. The molecule has 4 heteroatoms. The number of aliphatic hydroxyl groups excluding tert-OH is 1. The molecule has 0 heterocycles. The average molecular weight is 226 g/mol. The predicted molar refractivity (Wildman–Crippen MR) is 63.0 cm³/mol. The van der Waals surface area contributed by atoms with Crippen LogP contribution in [0.4, 0.5) is 4.39 Å². The second-order valence-electron chi connectivity index (χ2n) is 3.81. The van der Waals surface area contributed by atoms with Crippen molar-refractivity contribution in [2.24, 2.45) is 5.73 Å². The van der Waals surface area contributed by atoms with E-state index in [4.69, 9.17) is 5.73 Å². The van der Waals surface area contributed by atoms with Crippen LogP contribution >= 0.6 is 0 Å². The Balaban J connectivity index is 2.31. The highest BCUT2D eigenvalue weighted by molar-refractivity contribution is 5.16. The van der Waals surface area contributed by atoms with E-state index in [0.29, 0.717) is 13.0 Å². The highest BCUT2D eigenvalue weighted by Crippen LogP contribution is 2.04. The molecule has 0 bridgehead atoms. The van der Waals surface area contributed by atoms with Crippen molar-refractivity contribution in [3.63, 3.8) is 0 Å². The Morgan fingerprint density at radius 1 is 1.31 bits per heavy atom. The van der Waals surface area contributed by atoms with Gasteiger partial charge in [-0.3, -0.25) is 0 Å². The SMILES string of the molecule is N[C@@H](Cc1ccccc1)[C@H](O)CNCCF. The molecule has 0 saturated heterocycles. The molecule has 0 spiro atoms. The van der Waals surface area contributed by atoms with Crippen molar-refractivity contribution in [2.75, 3.05) is 19.8 Å². The summed E-state index contributed by atoms with van der Waals surface area (Å²) < 4.78 is 11.8. The summed E-state index contributed by atoms with van der Waals surface area (Å²) in [5, 5.41) is 12.5. The van der Waals surface area contributed by atoms with Crippen LogP contribution in [-0.4, -0.2) is 37.0 Å². The van der Waals surface area contributed by atoms with E-state index in [0.717, 1.165) is 5.56 Å². The second-order valence-corrected chi connectivity index (χ2v) is 3.81. The summed E-state index contributed by atoms with van der Waals surface area (Å²) in [5.74, 6) is 0. The van der Waals surface area contributed by atoms with Gasteiger partial charge in [-0.15, -0.1) is 0 Å². The van der Waals surface area contributed by atoms with E-state index in [9.17, 15) is 9.50 Å². The van der Waals surface area contributed by atoms with Gasteiger partial charge in [-0.05, 0) is 12.0 Å². The molecule has 0 aromatic heterocycles. The lowest BCUT2D eigenvalue weighted by atomic mass is 10.0. The highest BCUT2D eigenvalue weighted by Gasteiger charge is 2.14. The van der Waals surface area contributed by atoms with Crippen molar-refractivity contribution >= 4 is 0 Å². The van der Waals surface area contributed by atoms with Crippen LogP contribution in [0.1, 0.15) is 5.56 Å². The summed E-state index contributed by atoms with van der Waals surface area (Å²) in [4.78, 5) is 0. The molecule has 0 aliphatic carbocycles. The molecule has 1 aromatic rings. The summed E-state index contributed by atoms with van der Waals surface area (Å²) in [6.45, 7) is 0.160. The van der Waals surface area contributed by atoms with Crippen LogP contribution in [-0.2, 0) is 6.42 Å². The van der Waals surface area contributed by atoms with Gasteiger partial charge in [-0.2, -0.15) is 0 Å². The number of aliphatic hydroxyl groups is 1. The average Bonchev–Trinajstić information content (AvgIpc) is 2.30. The molecule has 4 N–H and O–H groups in total. The van der Waals surface area contributed by atoms with Crippen LogP contribution in [0.3, 0.4) is 0 Å². The van der Waals surface area contributed by atoms with E-state index >= 15 is 0 Å². The Labute approximate surface area is 95.5 Å². The normalized spacial score (nSPS) is 14.7. The molecule has 0 amide bonds. The number of benzene rings is 1. The summed E-state index contributed by atoms with van der Waals surface area (Å²) in [5.41, 5.74) is 6.94. The van der Waals surface area contributed by atoms with Crippen LogP contribution in [0, 0.1) is 0 Å². The maximum absolute atomic E-state index is 11.8. The zero-order valence-corrected chi connectivity index (χ0v) is 9.27. The molecule has 1 aromatic carbocycles. The third kappa shape index (κ3) is 4.70. The Morgan fingerprint density at radius 3 is 2.62 bits per heavy atom. The van der Waals surface area contributed by atoms with Crippen molar-refractivity contribution in [3.05, 3.63) is 35.9 Å². The molecule has 0 aliphatic heterocycles. The van der Waals surface area contributed by atoms with Gasteiger partial charge in [0.15, 0.2) is 0 Å². The fraction of sp³-hybridized carbons (Fsp3) is 0.500. The van der Waals surface area contributed by atoms with Gasteiger partial charge >= 0.3 is 0 Å². The standard InChI is InChI=1S/C12H19FN2O/c13-6-7-15-9-12(16)11(14)8-10-4-2-1-3-5-10/h1-5,11-12,15-16H,6-9,14H2/t11-,12+/m0/s1. The molecule has 0 unspecified atom stereocenters. The lowest BCUT2D eigenvalue weighted by Crippen LogP contribution is -2.43. The van der Waals surface area contributed by atoms with E-state index in [2.05, 4.69) is 5.32 Å². The number of halogens is 1. The van der Waals surface area contributed by atoms with Crippen LogP contribution in [0.2, 0.25) is 0 Å². The number of nitrogens with two attached hydrogens (primary N) is 1. The molecule has 0 radical (unpaired) electrons. The van der Waals surface area contributed by atoms with Crippen molar-refractivity contribution < 1.29 is 9.50 Å². The topological polar surface area (TPSA) is 58.3 Å². The van der Waals surface area contributed by atoms with E-state index in [-0.39, 0.29) is 12.6 Å². The zero-order chi connectivity index (χ0) is 11.8. The summed E-state index contributed by atoms with van der Waals surface area (Å²) in [6, 6.07) is 9.44. The Morgan fingerprint density at radius 2 is 2.00 bits per heavy atom. The molecule has 16 heavy (non-hydrogen) atoms. The minimum Gasteiger partial charge on any atom is -0.390 e. The van der Waals surface area contributed by atoms with Gasteiger partial charge in [0, 0.05) is 19.1 Å². The summed E-state index contributed by atoms with van der Waals surface area (Å²) in [7, 11) is 0. The number of nitrogens with one attached hydrogen (secondary N) is 1. The predicted octanol–water partition coefficient (Wildman–Crippen LogP) is 0.476. The van der Waals surface area contributed by atoms with Gasteiger partial charge in [0.05, 0.1) is 6.10 Å². The number of rotatable bonds is 7. The van der Waals surface area contributed by atoms with Crippen molar-refractivity contribution in [3.8, 4) is 0 Å². The maximum atomic E-state index is 11.8. The molecule has 0 fully saturated rings. The van der Waals surface area contributed by atoms with Gasteiger partial charge in [0.2, 0.25) is 0 Å². The summed E-state index contributed by atoms with van der Waals surface area (Å²) in [6.07, 6.45) is -0.0222. The molecule has 2 atom stereocenters. The minimum atomic E-state index is -0.647. The van der Waals surface area contributed by atoms with Gasteiger partial charge < -0.3 is 16.2 Å². The molecular formula is C12H19FN2O. The van der Waals surface area contributed by atoms with Gasteiger partial charge in [0.25, 0.3) is 0 Å². The smallest absolute Gasteiger partial charge is 0.102 e. The number of alkyl halides is 1. The molecule has 0 aliphatic rings. The summed E-state index contributed by atoms with van der Waals surface area (Å²) >= 11 is 0. The third-order valence-corrected chi connectivity index (χ3v) is 2.43. The van der Waals surface area contributed by atoms with E-state index < -0.39 is 12.8 Å². The molecule has 0 saturated carbocycles. The van der Waals surface area contributed by atoms with Crippen molar-refractivity contribution in [2.45, 2.75) is 18.6 Å². The Hall–Kier alpha value is -0.970. The van der Waals surface area contributed by atoms with Gasteiger partial charge in [0.1, 0.15) is 6.67 Å². The van der Waals surface area contributed by atoms with Crippen LogP contribution < -0.4 is 11.1 Å². The van der Waals surface area contributed by atoms with E-state index in [1.54, 1.807) is 0 Å². The minimum absolute atomic E-state index is 0.259. The quantitative estimate of drug-likeness (QED) is 0.593. The molecular weight excluding hydrogens is 207 g/mol. The first-order chi connectivity index (χ1) is 7.74. The fourth-order valence-electron chi connectivity index (χ4n) is 1.49. The van der Waals surface area contributed by atoms with Gasteiger partial charge in [-0.25, -0.2) is 4.39 Å². The maximum Gasteiger partial charge on any atom is 0.102 e. The van der Waals surface area contributed by atoms with Crippen LogP contribution in [0.15, 0.2) is 30.3 Å². The lowest BCUT2D eigenvalue weighted by Gasteiger charge is -2.19. The first-order valence-electron chi connectivity index (χ1n) is 5.48.